The average molecular weight is 308 g/mol. The van der Waals surface area contributed by atoms with Crippen molar-refractivity contribution >= 4 is 17.6 Å². The molecular formula is C15H20N2O5. The second-order valence-electron chi connectivity index (χ2n) is 4.89. The van der Waals surface area contributed by atoms with E-state index in [1.54, 1.807) is 0 Å². The molecule has 0 aliphatic rings. The maximum atomic E-state index is 11.9. The predicted molar refractivity (Wildman–Crippen MR) is 80.6 cm³/mol. The lowest BCUT2D eigenvalue weighted by molar-refractivity contribution is -0.385. The molecule has 7 nitrogen and oxygen atoms in total. The summed E-state index contributed by atoms with van der Waals surface area (Å²) in [5.74, 6) is -1.30. The molecule has 0 unspecified atom stereocenters. The summed E-state index contributed by atoms with van der Waals surface area (Å²) >= 11 is 0. The van der Waals surface area contributed by atoms with Crippen molar-refractivity contribution in [2.75, 3.05) is 6.61 Å². The second-order valence-corrected chi connectivity index (χ2v) is 4.89. The molecule has 120 valence electrons. The van der Waals surface area contributed by atoms with Gasteiger partial charge in [-0.15, -0.1) is 0 Å². The summed E-state index contributed by atoms with van der Waals surface area (Å²) in [6, 6.07) is 4.41. The third-order valence-electron chi connectivity index (χ3n) is 3.33. The van der Waals surface area contributed by atoms with Crippen molar-refractivity contribution in [2.45, 2.75) is 39.7 Å². The third-order valence-corrected chi connectivity index (χ3v) is 3.33. The summed E-state index contributed by atoms with van der Waals surface area (Å²) in [6.45, 7) is 4.96. The van der Waals surface area contributed by atoms with Gasteiger partial charge in [0, 0.05) is 11.6 Å². The second kappa shape index (κ2) is 8.11. The van der Waals surface area contributed by atoms with Crippen LogP contribution in [0.2, 0.25) is 0 Å². The van der Waals surface area contributed by atoms with Gasteiger partial charge in [0.1, 0.15) is 5.56 Å². The highest BCUT2D eigenvalue weighted by atomic mass is 16.6. The molecule has 7 heteroatoms. The predicted octanol–water partition coefficient (Wildman–Crippen LogP) is 2.36. The molecule has 1 amide bonds. The Morgan fingerprint density at radius 1 is 1.32 bits per heavy atom. The normalized spacial score (nSPS) is 10.4. The molecule has 1 N–H and O–H groups in total. The van der Waals surface area contributed by atoms with Crippen molar-refractivity contribution in [3.05, 3.63) is 39.4 Å². The summed E-state index contributed by atoms with van der Waals surface area (Å²) < 4.78 is 4.87. The number of rotatable bonds is 7. The van der Waals surface area contributed by atoms with Gasteiger partial charge in [-0.1, -0.05) is 26.0 Å². The standard InChI is InChI=1S/C15H20N2O5/c1-4-11(5-2)16-13(18)9-22-15(19)12-8-6-7-10(3)14(12)17(20)21/h6-8,11H,4-5,9H2,1-3H3,(H,16,18). The van der Waals surface area contributed by atoms with Crippen LogP contribution in [0, 0.1) is 17.0 Å². The van der Waals surface area contributed by atoms with Gasteiger partial charge in [-0.25, -0.2) is 4.79 Å². The van der Waals surface area contributed by atoms with Gasteiger partial charge in [-0.05, 0) is 25.8 Å². The van der Waals surface area contributed by atoms with Crippen LogP contribution in [0.3, 0.4) is 0 Å². The molecule has 1 aromatic rings. The van der Waals surface area contributed by atoms with Crippen molar-refractivity contribution in [3.63, 3.8) is 0 Å². The van der Waals surface area contributed by atoms with E-state index in [0.29, 0.717) is 5.56 Å². The van der Waals surface area contributed by atoms with E-state index in [1.165, 1.54) is 25.1 Å². The molecule has 0 aliphatic carbocycles. The summed E-state index contributed by atoms with van der Waals surface area (Å²) in [5, 5.41) is 13.7. The highest BCUT2D eigenvalue weighted by Gasteiger charge is 2.24. The molecule has 0 saturated heterocycles. The molecule has 0 spiro atoms. The van der Waals surface area contributed by atoms with E-state index in [9.17, 15) is 19.7 Å². The Morgan fingerprint density at radius 2 is 1.95 bits per heavy atom. The number of nitrogens with one attached hydrogen (secondary N) is 1. The zero-order valence-corrected chi connectivity index (χ0v) is 12.9. The Kier molecular flexibility index (Phi) is 6.49. The number of aryl methyl sites for hydroxylation is 1. The van der Waals surface area contributed by atoms with Crippen LogP contribution in [-0.2, 0) is 9.53 Å². The number of nitrogens with zero attached hydrogens (tertiary/aromatic N) is 1. The number of hydrogen-bond acceptors (Lipinski definition) is 5. The minimum atomic E-state index is -0.880. The van der Waals surface area contributed by atoms with E-state index in [1.807, 2.05) is 13.8 Å². The topological polar surface area (TPSA) is 98.5 Å². The quantitative estimate of drug-likeness (QED) is 0.473. The van der Waals surface area contributed by atoms with Gasteiger partial charge in [0.2, 0.25) is 0 Å². The number of esters is 1. The zero-order chi connectivity index (χ0) is 16.7. The largest absolute Gasteiger partial charge is 0.452 e. The fraction of sp³-hybridized carbons (Fsp3) is 0.467. The van der Waals surface area contributed by atoms with Crippen LogP contribution in [0.4, 0.5) is 5.69 Å². The summed E-state index contributed by atoms with van der Waals surface area (Å²) in [4.78, 5) is 34.0. The molecule has 0 radical (unpaired) electrons. The van der Waals surface area contributed by atoms with Crippen LogP contribution >= 0.6 is 0 Å². The minimum Gasteiger partial charge on any atom is -0.452 e. The monoisotopic (exact) mass is 308 g/mol. The van der Waals surface area contributed by atoms with Crippen LogP contribution in [-0.4, -0.2) is 29.4 Å². The lowest BCUT2D eigenvalue weighted by Crippen LogP contribution is -2.36. The van der Waals surface area contributed by atoms with Crippen LogP contribution in [0.15, 0.2) is 18.2 Å². The smallest absolute Gasteiger partial charge is 0.345 e. The fourth-order valence-corrected chi connectivity index (χ4v) is 2.04. The number of para-hydroxylation sites is 1. The van der Waals surface area contributed by atoms with Crippen molar-refractivity contribution < 1.29 is 19.2 Å². The number of carbonyl (C=O) groups excluding carboxylic acids is 2. The number of nitro benzene ring substituents is 1. The Labute approximate surface area is 128 Å². The summed E-state index contributed by atoms with van der Waals surface area (Å²) in [6.07, 6.45) is 1.55. The highest BCUT2D eigenvalue weighted by Crippen LogP contribution is 2.23. The lowest BCUT2D eigenvalue weighted by atomic mass is 10.1. The first kappa shape index (κ1) is 17.6. The molecule has 0 atom stereocenters. The van der Waals surface area contributed by atoms with Crippen molar-refractivity contribution in [1.82, 2.24) is 5.32 Å². The van der Waals surface area contributed by atoms with Crippen molar-refractivity contribution in [2.24, 2.45) is 0 Å². The van der Waals surface area contributed by atoms with E-state index in [4.69, 9.17) is 4.74 Å². The fourth-order valence-electron chi connectivity index (χ4n) is 2.04. The first-order valence-electron chi connectivity index (χ1n) is 7.11. The van der Waals surface area contributed by atoms with Crippen molar-refractivity contribution in [1.29, 1.82) is 0 Å². The number of nitro groups is 1. The molecule has 1 aromatic carbocycles. The first-order valence-corrected chi connectivity index (χ1v) is 7.11. The van der Waals surface area contributed by atoms with Gasteiger partial charge in [0.05, 0.1) is 4.92 Å². The van der Waals surface area contributed by atoms with E-state index < -0.39 is 23.4 Å². The Morgan fingerprint density at radius 3 is 2.50 bits per heavy atom. The highest BCUT2D eigenvalue weighted by molar-refractivity contribution is 5.95. The molecule has 0 aliphatic heterocycles. The maximum Gasteiger partial charge on any atom is 0.345 e. The van der Waals surface area contributed by atoms with E-state index in [2.05, 4.69) is 5.32 Å². The number of ether oxygens (including phenoxy) is 1. The van der Waals surface area contributed by atoms with Gasteiger partial charge in [-0.3, -0.25) is 14.9 Å². The molecule has 0 heterocycles. The first-order chi connectivity index (χ1) is 10.4. The number of benzene rings is 1. The molecule has 0 bridgehead atoms. The van der Waals surface area contributed by atoms with Gasteiger partial charge in [0.25, 0.3) is 11.6 Å². The molecular weight excluding hydrogens is 288 g/mol. The Bertz CT molecular complexity index is 567. The van der Waals surface area contributed by atoms with E-state index in [-0.39, 0.29) is 17.3 Å². The number of hydrogen-bond donors (Lipinski definition) is 1. The lowest BCUT2D eigenvalue weighted by Gasteiger charge is -2.14. The average Bonchev–Trinajstić information content (AvgIpc) is 2.49. The van der Waals surface area contributed by atoms with Crippen LogP contribution in [0.5, 0.6) is 0 Å². The number of carbonyl (C=O) groups is 2. The SMILES string of the molecule is CCC(CC)NC(=O)COC(=O)c1cccc(C)c1[N+](=O)[O-]. The molecule has 0 fully saturated rings. The van der Waals surface area contributed by atoms with Gasteiger partial charge in [0.15, 0.2) is 6.61 Å². The van der Waals surface area contributed by atoms with Gasteiger partial charge in [-0.2, -0.15) is 0 Å². The van der Waals surface area contributed by atoms with E-state index in [0.717, 1.165) is 12.8 Å². The molecule has 0 saturated carbocycles. The zero-order valence-electron chi connectivity index (χ0n) is 12.9. The minimum absolute atomic E-state index is 0.0273. The molecule has 0 aromatic heterocycles. The van der Waals surface area contributed by atoms with Crippen LogP contribution < -0.4 is 5.32 Å². The van der Waals surface area contributed by atoms with E-state index >= 15 is 0 Å². The molecule has 1 rings (SSSR count). The third kappa shape index (κ3) is 4.54. The Hall–Kier alpha value is -2.44. The maximum absolute atomic E-state index is 11.9. The molecule has 22 heavy (non-hydrogen) atoms. The van der Waals surface area contributed by atoms with Crippen molar-refractivity contribution in [3.8, 4) is 0 Å². The van der Waals surface area contributed by atoms with Crippen LogP contribution in [0.1, 0.15) is 42.6 Å². The van der Waals surface area contributed by atoms with Crippen LogP contribution in [0.25, 0.3) is 0 Å². The summed E-state index contributed by atoms with van der Waals surface area (Å²) in [5.41, 5.74) is -0.0887. The van der Waals surface area contributed by atoms with Gasteiger partial charge >= 0.3 is 5.97 Å². The summed E-state index contributed by atoms with van der Waals surface area (Å²) in [7, 11) is 0. The number of amides is 1. The Balaban J connectivity index is 2.73. The van der Waals surface area contributed by atoms with Gasteiger partial charge < -0.3 is 10.1 Å².